The van der Waals surface area contributed by atoms with Crippen LogP contribution >= 0.6 is 11.6 Å². The monoisotopic (exact) mass is 335 g/mol. The number of hydrogen-bond acceptors (Lipinski definition) is 4. The minimum absolute atomic E-state index is 0.225. The molecule has 0 spiro atoms. The Labute approximate surface area is 141 Å². The van der Waals surface area contributed by atoms with E-state index in [1.165, 1.54) is 12.8 Å². The van der Waals surface area contributed by atoms with Gasteiger partial charge in [-0.2, -0.15) is 0 Å². The maximum Gasteiger partial charge on any atom is 0.431 e. The van der Waals surface area contributed by atoms with E-state index in [0.29, 0.717) is 18.6 Å². The third kappa shape index (κ3) is 2.88. The topological polar surface area (TPSA) is 44.8 Å². The van der Waals surface area contributed by atoms with Crippen molar-refractivity contribution in [2.75, 3.05) is 18.7 Å². The highest BCUT2D eigenvalue weighted by Crippen LogP contribution is 2.34. The van der Waals surface area contributed by atoms with Crippen molar-refractivity contribution >= 4 is 23.4 Å². The van der Waals surface area contributed by atoms with Crippen LogP contribution in [0.25, 0.3) is 0 Å². The molecule has 3 aliphatic heterocycles. The third-order valence-electron chi connectivity index (χ3n) is 5.51. The molecule has 23 heavy (non-hydrogen) atoms. The first-order chi connectivity index (χ1) is 11.1. The number of benzene rings is 1. The summed E-state index contributed by atoms with van der Waals surface area (Å²) in [6.07, 6.45) is 5.04. The van der Waals surface area contributed by atoms with E-state index < -0.39 is 0 Å². The van der Waals surface area contributed by atoms with Crippen molar-refractivity contribution in [3.05, 3.63) is 28.8 Å². The Morgan fingerprint density at radius 3 is 2.78 bits per heavy atom. The number of amides is 1. The highest BCUT2D eigenvalue weighted by Gasteiger charge is 2.39. The molecule has 1 aromatic rings. The van der Waals surface area contributed by atoms with E-state index in [1.807, 2.05) is 18.2 Å². The molecule has 3 heterocycles. The minimum Gasteiger partial charge on any atom is -0.322 e. The smallest absolute Gasteiger partial charge is 0.322 e. The van der Waals surface area contributed by atoms with E-state index in [0.717, 1.165) is 35.5 Å². The van der Waals surface area contributed by atoms with Crippen LogP contribution in [0.5, 0.6) is 0 Å². The molecule has 0 aliphatic carbocycles. The van der Waals surface area contributed by atoms with Crippen molar-refractivity contribution in [1.82, 2.24) is 10.2 Å². The number of nitrogens with zero attached hydrogens (tertiary/aromatic N) is 2. The zero-order valence-corrected chi connectivity index (χ0v) is 14.1. The summed E-state index contributed by atoms with van der Waals surface area (Å²) < 4.78 is 0. The number of carbonyl (C=O) groups excluding carboxylic acids is 1. The summed E-state index contributed by atoms with van der Waals surface area (Å²) in [6, 6.07) is 7.11. The van der Waals surface area contributed by atoms with Gasteiger partial charge in [-0.3, -0.25) is 0 Å². The lowest BCUT2D eigenvalue weighted by Crippen LogP contribution is -2.49. The molecule has 2 saturated heterocycles. The van der Waals surface area contributed by atoms with Crippen LogP contribution < -0.4 is 10.4 Å². The molecule has 0 saturated carbocycles. The van der Waals surface area contributed by atoms with Crippen LogP contribution in [0.3, 0.4) is 0 Å². The summed E-state index contributed by atoms with van der Waals surface area (Å²) in [5.74, 6) is 0. The van der Waals surface area contributed by atoms with Gasteiger partial charge in [0.1, 0.15) is 0 Å². The Hall–Kier alpha value is -1.46. The van der Waals surface area contributed by atoms with Gasteiger partial charge in [-0.15, -0.1) is 0 Å². The van der Waals surface area contributed by atoms with Crippen molar-refractivity contribution in [1.29, 1.82) is 0 Å². The van der Waals surface area contributed by atoms with Crippen molar-refractivity contribution < 1.29 is 9.63 Å². The fourth-order valence-electron chi connectivity index (χ4n) is 4.26. The summed E-state index contributed by atoms with van der Waals surface area (Å²) in [4.78, 5) is 20.2. The summed E-state index contributed by atoms with van der Waals surface area (Å²) in [5.41, 5.74) is 2.07. The van der Waals surface area contributed by atoms with E-state index in [4.69, 9.17) is 16.4 Å². The summed E-state index contributed by atoms with van der Waals surface area (Å²) >= 11 is 6.01. The molecule has 5 nitrogen and oxygen atoms in total. The molecule has 1 amide bonds. The van der Waals surface area contributed by atoms with Gasteiger partial charge in [0.15, 0.2) is 0 Å². The highest BCUT2D eigenvalue weighted by atomic mass is 35.5. The molecule has 4 rings (SSSR count). The highest BCUT2D eigenvalue weighted by molar-refractivity contribution is 6.30. The van der Waals surface area contributed by atoms with E-state index in [-0.39, 0.29) is 12.1 Å². The normalized spacial score (nSPS) is 29.5. The van der Waals surface area contributed by atoms with Crippen molar-refractivity contribution in [3.8, 4) is 0 Å². The van der Waals surface area contributed by atoms with E-state index in [2.05, 4.69) is 17.3 Å². The van der Waals surface area contributed by atoms with Gasteiger partial charge in [-0.1, -0.05) is 11.6 Å². The number of rotatable bonds is 2. The fourth-order valence-corrected chi connectivity index (χ4v) is 4.45. The number of fused-ring (bicyclic) bond motifs is 3. The first kappa shape index (κ1) is 15.1. The van der Waals surface area contributed by atoms with Crippen LogP contribution in [0.2, 0.25) is 5.02 Å². The number of hydrogen-bond donors (Lipinski definition) is 1. The van der Waals surface area contributed by atoms with Crippen LogP contribution in [0.15, 0.2) is 18.2 Å². The van der Waals surface area contributed by atoms with E-state index >= 15 is 0 Å². The SMILES string of the molecule is CN1C2CCC1CC(NC(=O)ON1CCc3cc(Cl)ccc31)C2. The molecule has 2 unspecified atom stereocenters. The number of halogens is 1. The zero-order valence-electron chi connectivity index (χ0n) is 13.3. The Morgan fingerprint density at radius 1 is 1.30 bits per heavy atom. The van der Waals surface area contributed by atoms with Gasteiger partial charge in [-0.05, 0) is 62.9 Å². The third-order valence-corrected chi connectivity index (χ3v) is 5.74. The zero-order chi connectivity index (χ0) is 16.0. The van der Waals surface area contributed by atoms with Gasteiger partial charge in [-0.25, -0.2) is 9.86 Å². The molecule has 2 bridgehead atoms. The second kappa shape index (κ2) is 5.87. The molecule has 2 atom stereocenters. The lowest BCUT2D eigenvalue weighted by Gasteiger charge is -2.36. The molecular formula is C17H22ClN3O2. The summed E-state index contributed by atoms with van der Waals surface area (Å²) in [7, 11) is 2.20. The number of nitrogens with one attached hydrogen (secondary N) is 1. The summed E-state index contributed by atoms with van der Waals surface area (Å²) in [5, 5.41) is 5.44. The van der Waals surface area contributed by atoms with E-state index in [1.54, 1.807) is 5.06 Å². The average Bonchev–Trinajstić information content (AvgIpc) is 2.96. The molecule has 3 aliphatic rings. The van der Waals surface area contributed by atoms with Gasteiger partial charge >= 0.3 is 6.09 Å². The molecule has 6 heteroatoms. The second-order valence-corrected chi connectivity index (χ2v) is 7.30. The molecule has 0 aromatic heterocycles. The van der Waals surface area contributed by atoms with Crippen LogP contribution in [0.1, 0.15) is 31.2 Å². The minimum atomic E-state index is -0.346. The van der Waals surface area contributed by atoms with Gasteiger partial charge in [0.25, 0.3) is 0 Å². The maximum absolute atomic E-state index is 12.2. The predicted molar refractivity (Wildman–Crippen MR) is 89.7 cm³/mol. The van der Waals surface area contributed by atoms with E-state index in [9.17, 15) is 4.79 Å². The Bertz CT molecular complexity index is 610. The van der Waals surface area contributed by atoms with Crippen LogP contribution in [-0.2, 0) is 11.3 Å². The predicted octanol–water partition coefficient (Wildman–Crippen LogP) is 2.97. The molecule has 0 radical (unpaired) electrons. The summed E-state index contributed by atoms with van der Waals surface area (Å²) in [6.45, 7) is 0.682. The first-order valence-corrected chi connectivity index (χ1v) is 8.74. The van der Waals surface area contributed by atoms with Crippen LogP contribution in [-0.4, -0.2) is 42.7 Å². The quantitative estimate of drug-likeness (QED) is 0.902. The molecule has 1 N–H and O–H groups in total. The number of anilines is 1. The Kier molecular flexibility index (Phi) is 3.85. The average molecular weight is 336 g/mol. The lowest BCUT2D eigenvalue weighted by molar-refractivity contribution is 0.112. The second-order valence-electron chi connectivity index (χ2n) is 6.87. The van der Waals surface area contributed by atoms with Crippen molar-refractivity contribution in [3.63, 3.8) is 0 Å². The fraction of sp³-hybridized carbons (Fsp3) is 0.588. The largest absolute Gasteiger partial charge is 0.431 e. The maximum atomic E-state index is 12.2. The molecular weight excluding hydrogens is 314 g/mol. The van der Waals surface area contributed by atoms with Gasteiger partial charge in [0.05, 0.1) is 12.2 Å². The van der Waals surface area contributed by atoms with Crippen LogP contribution in [0.4, 0.5) is 10.5 Å². The Balaban J connectivity index is 1.35. The number of carbonyl (C=O) groups is 1. The van der Waals surface area contributed by atoms with Gasteiger partial charge in [0.2, 0.25) is 0 Å². The Morgan fingerprint density at radius 2 is 2.04 bits per heavy atom. The van der Waals surface area contributed by atoms with Crippen molar-refractivity contribution in [2.24, 2.45) is 0 Å². The van der Waals surface area contributed by atoms with Gasteiger partial charge < -0.3 is 15.1 Å². The standard InChI is InChI=1S/C17H22ClN3O2/c1-20-14-3-4-15(20)10-13(9-14)19-17(22)23-21-7-6-11-8-12(18)2-5-16(11)21/h2,5,8,13-15H,3-4,6-7,9-10H2,1H3,(H,19,22). The van der Waals surface area contributed by atoms with Crippen molar-refractivity contribution in [2.45, 2.75) is 50.2 Å². The lowest BCUT2D eigenvalue weighted by atomic mass is 9.98. The molecule has 1 aromatic carbocycles. The number of hydroxylamine groups is 1. The van der Waals surface area contributed by atoms with Gasteiger partial charge in [0, 0.05) is 23.1 Å². The molecule has 124 valence electrons. The first-order valence-electron chi connectivity index (χ1n) is 8.36. The van der Waals surface area contributed by atoms with Crippen LogP contribution in [0, 0.1) is 0 Å². The number of piperidine rings is 1. The molecule has 2 fully saturated rings.